The molecule has 1 aliphatic rings. The smallest absolute Gasteiger partial charge is 0.308 e. The number of amides is 1. The lowest BCUT2D eigenvalue weighted by Gasteiger charge is -2.22. The Bertz CT molecular complexity index is 510. The molecule has 1 fully saturated rings. The van der Waals surface area contributed by atoms with E-state index in [0.29, 0.717) is 17.7 Å². The van der Waals surface area contributed by atoms with Crippen LogP contribution in [-0.4, -0.2) is 32.8 Å². The zero-order valence-corrected chi connectivity index (χ0v) is 11.9. The average molecular weight is 279 g/mol. The molecule has 2 rings (SSSR count). The molecule has 6 heteroatoms. The highest BCUT2D eigenvalue weighted by atomic mass is 16.4. The predicted octanol–water partition coefficient (Wildman–Crippen LogP) is 1.49. The van der Waals surface area contributed by atoms with Crippen molar-refractivity contribution in [2.75, 3.05) is 0 Å². The Hall–Kier alpha value is -1.85. The molecule has 0 bridgehead atoms. The van der Waals surface area contributed by atoms with E-state index >= 15 is 0 Å². The van der Waals surface area contributed by atoms with Gasteiger partial charge >= 0.3 is 5.97 Å². The first kappa shape index (κ1) is 14.6. The number of nitrogens with one attached hydrogen (secondary N) is 1. The number of nitrogens with zero attached hydrogens (tertiary/aromatic N) is 2. The number of carboxylic acid groups (broad SMARTS) is 1. The van der Waals surface area contributed by atoms with Crippen LogP contribution in [0.25, 0.3) is 0 Å². The van der Waals surface area contributed by atoms with Crippen molar-refractivity contribution in [2.24, 2.45) is 13.0 Å². The second-order valence-electron chi connectivity index (χ2n) is 5.46. The van der Waals surface area contributed by atoms with Crippen LogP contribution in [-0.2, 0) is 11.8 Å². The molecule has 0 aromatic carbocycles. The standard InChI is InChI=1S/C14H21N3O3/c1-9-11(8-17(2)16-9)13(18)15-12-7-5-3-4-6-10(12)14(19)20/h8,10,12H,3-7H2,1-2H3,(H,15,18)(H,19,20). The number of carbonyl (C=O) groups is 2. The Morgan fingerprint density at radius 1 is 1.35 bits per heavy atom. The van der Waals surface area contributed by atoms with Gasteiger partial charge in [-0.25, -0.2) is 0 Å². The van der Waals surface area contributed by atoms with Gasteiger partial charge in [-0.1, -0.05) is 19.3 Å². The number of aromatic nitrogens is 2. The number of rotatable bonds is 3. The van der Waals surface area contributed by atoms with E-state index in [1.807, 2.05) is 0 Å². The Labute approximate surface area is 118 Å². The molecule has 0 aliphatic heterocycles. The van der Waals surface area contributed by atoms with Crippen LogP contribution in [0.15, 0.2) is 6.20 Å². The lowest BCUT2D eigenvalue weighted by molar-refractivity contribution is -0.142. The van der Waals surface area contributed by atoms with Gasteiger partial charge < -0.3 is 10.4 Å². The topological polar surface area (TPSA) is 84.2 Å². The SMILES string of the molecule is Cc1nn(C)cc1C(=O)NC1CCCCCC1C(=O)O. The van der Waals surface area contributed by atoms with Crippen LogP contribution in [0.1, 0.15) is 48.2 Å². The average Bonchev–Trinajstić information content (AvgIpc) is 2.60. The van der Waals surface area contributed by atoms with E-state index in [-0.39, 0.29) is 11.9 Å². The zero-order chi connectivity index (χ0) is 14.7. The van der Waals surface area contributed by atoms with Crippen molar-refractivity contribution < 1.29 is 14.7 Å². The number of hydrogen-bond donors (Lipinski definition) is 2. The fourth-order valence-electron chi connectivity index (χ4n) is 2.84. The Kier molecular flexibility index (Phi) is 4.42. The summed E-state index contributed by atoms with van der Waals surface area (Å²) in [4.78, 5) is 23.6. The van der Waals surface area contributed by atoms with Crippen LogP contribution in [0.2, 0.25) is 0 Å². The van der Waals surface area contributed by atoms with Crippen molar-refractivity contribution in [3.63, 3.8) is 0 Å². The number of aryl methyl sites for hydroxylation is 2. The second-order valence-corrected chi connectivity index (χ2v) is 5.46. The van der Waals surface area contributed by atoms with Crippen LogP contribution >= 0.6 is 0 Å². The van der Waals surface area contributed by atoms with Crippen molar-refractivity contribution in [3.8, 4) is 0 Å². The van der Waals surface area contributed by atoms with E-state index in [2.05, 4.69) is 10.4 Å². The molecule has 110 valence electrons. The van der Waals surface area contributed by atoms with Gasteiger partial charge in [-0.3, -0.25) is 14.3 Å². The molecule has 2 N–H and O–H groups in total. The molecule has 2 unspecified atom stereocenters. The molecular weight excluding hydrogens is 258 g/mol. The summed E-state index contributed by atoms with van der Waals surface area (Å²) in [7, 11) is 1.76. The number of hydrogen-bond acceptors (Lipinski definition) is 3. The van der Waals surface area contributed by atoms with Gasteiger partial charge in [0.25, 0.3) is 5.91 Å². The summed E-state index contributed by atoms with van der Waals surface area (Å²) in [6.07, 6.45) is 5.92. The lowest BCUT2D eigenvalue weighted by Crippen LogP contribution is -2.42. The molecule has 1 amide bonds. The molecule has 0 saturated heterocycles. The fourth-order valence-corrected chi connectivity index (χ4v) is 2.84. The van der Waals surface area contributed by atoms with E-state index in [1.54, 1.807) is 24.9 Å². The highest BCUT2D eigenvalue weighted by molar-refractivity contribution is 5.95. The highest BCUT2D eigenvalue weighted by Gasteiger charge is 2.31. The molecule has 1 aliphatic carbocycles. The van der Waals surface area contributed by atoms with Gasteiger partial charge in [0.05, 0.1) is 17.2 Å². The first-order chi connectivity index (χ1) is 9.49. The van der Waals surface area contributed by atoms with Gasteiger partial charge in [0.2, 0.25) is 0 Å². The molecule has 1 aromatic rings. The van der Waals surface area contributed by atoms with E-state index in [0.717, 1.165) is 25.7 Å². The third-order valence-corrected chi connectivity index (χ3v) is 3.91. The summed E-state index contributed by atoms with van der Waals surface area (Å²) in [6.45, 7) is 1.77. The molecule has 2 atom stereocenters. The minimum Gasteiger partial charge on any atom is -0.481 e. The first-order valence-electron chi connectivity index (χ1n) is 7.03. The van der Waals surface area contributed by atoms with Crippen molar-refractivity contribution in [2.45, 2.75) is 45.1 Å². The quantitative estimate of drug-likeness (QED) is 0.821. The van der Waals surface area contributed by atoms with Crippen molar-refractivity contribution in [1.29, 1.82) is 0 Å². The molecule has 6 nitrogen and oxygen atoms in total. The van der Waals surface area contributed by atoms with E-state index in [9.17, 15) is 14.7 Å². The number of aliphatic carboxylic acids is 1. The van der Waals surface area contributed by atoms with Crippen LogP contribution < -0.4 is 5.32 Å². The summed E-state index contributed by atoms with van der Waals surface area (Å²) in [5.41, 5.74) is 1.17. The van der Waals surface area contributed by atoms with Gasteiger partial charge in [-0.15, -0.1) is 0 Å². The maximum atomic E-state index is 12.3. The summed E-state index contributed by atoms with van der Waals surface area (Å²) in [6, 6.07) is -0.290. The summed E-state index contributed by atoms with van der Waals surface area (Å²) in [5, 5.41) is 16.3. The van der Waals surface area contributed by atoms with Gasteiger partial charge in [0.1, 0.15) is 0 Å². The van der Waals surface area contributed by atoms with Crippen LogP contribution in [0.4, 0.5) is 0 Å². The van der Waals surface area contributed by atoms with Crippen molar-refractivity contribution >= 4 is 11.9 Å². The molecule has 1 saturated carbocycles. The summed E-state index contributed by atoms with van der Waals surface area (Å²) in [5.74, 6) is -1.53. The largest absolute Gasteiger partial charge is 0.481 e. The number of carbonyl (C=O) groups excluding carboxylic acids is 1. The van der Waals surface area contributed by atoms with E-state index in [1.165, 1.54) is 0 Å². The Morgan fingerprint density at radius 3 is 2.65 bits per heavy atom. The Morgan fingerprint density at radius 2 is 2.05 bits per heavy atom. The highest BCUT2D eigenvalue weighted by Crippen LogP contribution is 2.24. The van der Waals surface area contributed by atoms with Crippen LogP contribution in [0.3, 0.4) is 0 Å². The second kappa shape index (κ2) is 6.07. The summed E-state index contributed by atoms with van der Waals surface area (Å²) < 4.78 is 1.59. The molecule has 0 spiro atoms. The molecule has 1 heterocycles. The van der Waals surface area contributed by atoms with Crippen LogP contribution in [0, 0.1) is 12.8 Å². The molecule has 0 radical (unpaired) electrons. The van der Waals surface area contributed by atoms with Crippen LogP contribution in [0.5, 0.6) is 0 Å². The normalized spacial score (nSPS) is 23.1. The maximum absolute atomic E-state index is 12.3. The maximum Gasteiger partial charge on any atom is 0.308 e. The third kappa shape index (κ3) is 3.18. The number of carboxylic acids is 1. The van der Waals surface area contributed by atoms with Crippen molar-refractivity contribution in [1.82, 2.24) is 15.1 Å². The third-order valence-electron chi connectivity index (χ3n) is 3.91. The minimum atomic E-state index is -0.819. The van der Waals surface area contributed by atoms with Gasteiger partial charge in [0, 0.05) is 19.3 Å². The first-order valence-corrected chi connectivity index (χ1v) is 7.03. The van der Waals surface area contributed by atoms with Gasteiger partial charge in [-0.2, -0.15) is 5.10 Å². The van der Waals surface area contributed by atoms with E-state index < -0.39 is 11.9 Å². The van der Waals surface area contributed by atoms with Gasteiger partial charge in [-0.05, 0) is 19.8 Å². The minimum absolute atomic E-state index is 0.228. The monoisotopic (exact) mass is 279 g/mol. The van der Waals surface area contributed by atoms with Crippen molar-refractivity contribution in [3.05, 3.63) is 17.5 Å². The lowest BCUT2D eigenvalue weighted by atomic mass is 9.94. The fraction of sp³-hybridized carbons (Fsp3) is 0.643. The molecule has 1 aromatic heterocycles. The zero-order valence-electron chi connectivity index (χ0n) is 11.9. The van der Waals surface area contributed by atoms with E-state index in [4.69, 9.17) is 0 Å². The summed E-state index contributed by atoms with van der Waals surface area (Å²) >= 11 is 0. The molecular formula is C14H21N3O3. The predicted molar refractivity (Wildman–Crippen MR) is 73.4 cm³/mol. The Balaban J connectivity index is 2.11. The molecule has 20 heavy (non-hydrogen) atoms. The van der Waals surface area contributed by atoms with Gasteiger partial charge in [0.15, 0.2) is 0 Å².